The number of fused-ring (bicyclic) bond motifs is 1. The normalized spacial score (nSPS) is 12.6. The van der Waals surface area contributed by atoms with Crippen LogP contribution in [0.3, 0.4) is 0 Å². The van der Waals surface area contributed by atoms with Crippen LogP contribution in [-0.4, -0.2) is 33.4 Å². The molecule has 2 rings (SSSR count). The van der Waals surface area contributed by atoms with E-state index in [0.29, 0.717) is 23.6 Å². The van der Waals surface area contributed by atoms with Crippen molar-refractivity contribution in [2.45, 2.75) is 45.7 Å². The number of nitrogens with zero attached hydrogens (tertiary/aromatic N) is 2. The molecule has 0 saturated heterocycles. The van der Waals surface area contributed by atoms with E-state index in [0.717, 1.165) is 0 Å². The zero-order valence-electron chi connectivity index (χ0n) is 13.7. The van der Waals surface area contributed by atoms with Gasteiger partial charge >= 0.3 is 0 Å². The molecule has 0 fully saturated rings. The fourth-order valence-corrected chi connectivity index (χ4v) is 2.51. The average molecular weight is 317 g/mol. The Labute approximate surface area is 135 Å². The summed E-state index contributed by atoms with van der Waals surface area (Å²) in [7, 11) is 0. The molecule has 0 aliphatic heterocycles. The van der Waals surface area contributed by atoms with Gasteiger partial charge in [0.05, 0.1) is 11.4 Å². The molecule has 1 heterocycles. The molecule has 1 aromatic heterocycles. The van der Waals surface area contributed by atoms with E-state index < -0.39 is 0 Å². The van der Waals surface area contributed by atoms with Crippen molar-refractivity contribution in [3.63, 3.8) is 0 Å². The highest BCUT2D eigenvalue weighted by molar-refractivity contribution is 6.04. The third-order valence-electron chi connectivity index (χ3n) is 3.84. The fourth-order valence-electron chi connectivity index (χ4n) is 2.51. The standard InChI is InChI=1S/C17H23N3O3/c1-4-12(9-10-21)18-16(22)15-13-7-5-6-8-14(13)17(23)20(19-15)11(2)3/h5-8,11-12,21H,4,9-10H2,1-3H3,(H,18,22). The Bertz CT molecular complexity index is 752. The predicted octanol–water partition coefficient (Wildman–Crippen LogP) is 1.87. The minimum absolute atomic E-state index is 0.0124. The summed E-state index contributed by atoms with van der Waals surface area (Å²) in [5.41, 5.74) is 0.0415. The van der Waals surface area contributed by atoms with E-state index in [4.69, 9.17) is 5.11 Å². The molecule has 1 atom stereocenters. The lowest BCUT2D eigenvalue weighted by molar-refractivity contribution is 0.0923. The lowest BCUT2D eigenvalue weighted by Gasteiger charge is -2.17. The van der Waals surface area contributed by atoms with Gasteiger partial charge in [0.15, 0.2) is 5.69 Å². The first-order valence-electron chi connectivity index (χ1n) is 7.92. The van der Waals surface area contributed by atoms with Crippen molar-refractivity contribution in [2.24, 2.45) is 0 Å². The number of benzene rings is 1. The molecule has 6 nitrogen and oxygen atoms in total. The van der Waals surface area contributed by atoms with Gasteiger partial charge in [-0.05, 0) is 32.8 Å². The third-order valence-corrected chi connectivity index (χ3v) is 3.84. The second-order valence-corrected chi connectivity index (χ2v) is 5.83. The van der Waals surface area contributed by atoms with Crippen molar-refractivity contribution in [1.29, 1.82) is 0 Å². The Hall–Kier alpha value is -2.21. The van der Waals surface area contributed by atoms with Crippen LogP contribution in [0.2, 0.25) is 0 Å². The first-order valence-corrected chi connectivity index (χ1v) is 7.92. The Kier molecular flexibility index (Phi) is 5.50. The number of aliphatic hydroxyl groups excluding tert-OH is 1. The Morgan fingerprint density at radius 2 is 1.96 bits per heavy atom. The molecular weight excluding hydrogens is 294 g/mol. The summed E-state index contributed by atoms with van der Waals surface area (Å²) in [4.78, 5) is 25.1. The average Bonchev–Trinajstić information content (AvgIpc) is 2.54. The summed E-state index contributed by atoms with van der Waals surface area (Å²) in [5, 5.41) is 17.3. The molecule has 0 bridgehead atoms. The third kappa shape index (κ3) is 3.59. The molecule has 1 amide bonds. The fraction of sp³-hybridized carbons (Fsp3) is 0.471. The van der Waals surface area contributed by atoms with Crippen molar-refractivity contribution < 1.29 is 9.90 Å². The quantitative estimate of drug-likeness (QED) is 0.852. The van der Waals surface area contributed by atoms with Crippen LogP contribution >= 0.6 is 0 Å². The molecule has 0 saturated carbocycles. The minimum atomic E-state index is -0.323. The van der Waals surface area contributed by atoms with E-state index in [-0.39, 0.29) is 35.9 Å². The van der Waals surface area contributed by atoms with Gasteiger partial charge in [-0.1, -0.05) is 25.1 Å². The number of hydrogen-bond donors (Lipinski definition) is 2. The summed E-state index contributed by atoms with van der Waals surface area (Å²) in [6.45, 7) is 5.66. The van der Waals surface area contributed by atoms with Crippen LogP contribution in [-0.2, 0) is 0 Å². The molecule has 2 aromatic rings. The van der Waals surface area contributed by atoms with Gasteiger partial charge in [-0.15, -0.1) is 0 Å². The van der Waals surface area contributed by atoms with Crippen LogP contribution in [0.1, 0.15) is 50.1 Å². The van der Waals surface area contributed by atoms with Gasteiger partial charge in [-0.3, -0.25) is 9.59 Å². The lowest BCUT2D eigenvalue weighted by atomic mass is 10.1. The van der Waals surface area contributed by atoms with Gasteiger partial charge in [0.25, 0.3) is 11.5 Å². The van der Waals surface area contributed by atoms with E-state index in [9.17, 15) is 9.59 Å². The van der Waals surface area contributed by atoms with Crippen LogP contribution < -0.4 is 10.9 Å². The van der Waals surface area contributed by atoms with Crippen LogP contribution in [0.5, 0.6) is 0 Å². The van der Waals surface area contributed by atoms with Gasteiger partial charge in [0, 0.05) is 18.0 Å². The molecule has 124 valence electrons. The minimum Gasteiger partial charge on any atom is -0.396 e. The summed E-state index contributed by atoms with van der Waals surface area (Å²) in [6.07, 6.45) is 1.21. The summed E-state index contributed by atoms with van der Waals surface area (Å²) in [6, 6.07) is 6.74. The first-order chi connectivity index (χ1) is 11.0. The highest BCUT2D eigenvalue weighted by atomic mass is 16.3. The number of hydrogen-bond acceptors (Lipinski definition) is 4. The SMILES string of the molecule is CCC(CCO)NC(=O)c1nn(C(C)C)c(=O)c2ccccc12. The maximum Gasteiger partial charge on any atom is 0.274 e. The molecular formula is C17H23N3O3. The van der Waals surface area contributed by atoms with Gasteiger partial charge in [0.2, 0.25) is 0 Å². The molecule has 1 unspecified atom stereocenters. The smallest absolute Gasteiger partial charge is 0.274 e. The summed E-state index contributed by atoms with van der Waals surface area (Å²) >= 11 is 0. The molecule has 0 spiro atoms. The van der Waals surface area contributed by atoms with Crippen molar-refractivity contribution in [3.05, 3.63) is 40.3 Å². The maximum atomic E-state index is 12.6. The van der Waals surface area contributed by atoms with Crippen LogP contribution in [0.4, 0.5) is 0 Å². The van der Waals surface area contributed by atoms with Crippen molar-refractivity contribution in [2.75, 3.05) is 6.61 Å². The number of aromatic nitrogens is 2. The Morgan fingerprint density at radius 3 is 2.52 bits per heavy atom. The highest BCUT2D eigenvalue weighted by Gasteiger charge is 2.19. The molecule has 0 aliphatic rings. The summed E-state index contributed by atoms with van der Waals surface area (Å²) < 4.78 is 1.34. The van der Waals surface area contributed by atoms with Gasteiger partial charge in [-0.25, -0.2) is 4.68 Å². The number of nitrogens with one attached hydrogen (secondary N) is 1. The monoisotopic (exact) mass is 317 g/mol. The number of aliphatic hydroxyl groups is 1. The molecule has 6 heteroatoms. The van der Waals surface area contributed by atoms with Crippen molar-refractivity contribution in [1.82, 2.24) is 15.1 Å². The van der Waals surface area contributed by atoms with E-state index >= 15 is 0 Å². The predicted molar refractivity (Wildman–Crippen MR) is 89.6 cm³/mol. The highest BCUT2D eigenvalue weighted by Crippen LogP contribution is 2.15. The van der Waals surface area contributed by atoms with Crippen LogP contribution in [0.15, 0.2) is 29.1 Å². The topological polar surface area (TPSA) is 84.2 Å². The number of carbonyl (C=O) groups is 1. The zero-order valence-corrected chi connectivity index (χ0v) is 13.7. The van der Waals surface area contributed by atoms with E-state index in [1.807, 2.05) is 20.8 Å². The maximum absolute atomic E-state index is 12.6. The molecule has 23 heavy (non-hydrogen) atoms. The van der Waals surface area contributed by atoms with Crippen LogP contribution in [0, 0.1) is 0 Å². The molecule has 2 N–H and O–H groups in total. The first kappa shape index (κ1) is 17.1. The number of amides is 1. The Morgan fingerprint density at radius 1 is 1.30 bits per heavy atom. The second-order valence-electron chi connectivity index (χ2n) is 5.83. The summed E-state index contributed by atoms with van der Waals surface area (Å²) in [5.74, 6) is -0.323. The van der Waals surface area contributed by atoms with Crippen molar-refractivity contribution >= 4 is 16.7 Å². The van der Waals surface area contributed by atoms with Crippen LogP contribution in [0.25, 0.3) is 10.8 Å². The largest absolute Gasteiger partial charge is 0.396 e. The Balaban J connectivity index is 2.53. The number of carbonyl (C=O) groups excluding carboxylic acids is 1. The van der Waals surface area contributed by atoms with Crippen molar-refractivity contribution in [3.8, 4) is 0 Å². The van der Waals surface area contributed by atoms with Gasteiger partial charge in [-0.2, -0.15) is 5.10 Å². The van der Waals surface area contributed by atoms with E-state index in [1.165, 1.54) is 4.68 Å². The zero-order chi connectivity index (χ0) is 17.0. The van der Waals surface area contributed by atoms with Gasteiger partial charge in [0.1, 0.15) is 0 Å². The molecule has 0 aliphatic carbocycles. The molecule has 0 radical (unpaired) electrons. The number of rotatable bonds is 6. The lowest BCUT2D eigenvalue weighted by Crippen LogP contribution is -2.37. The second kappa shape index (κ2) is 7.37. The molecule has 1 aromatic carbocycles. The van der Waals surface area contributed by atoms with Gasteiger partial charge < -0.3 is 10.4 Å². The van der Waals surface area contributed by atoms with E-state index in [1.54, 1.807) is 24.3 Å². The van der Waals surface area contributed by atoms with E-state index in [2.05, 4.69) is 10.4 Å².